The van der Waals surface area contributed by atoms with Crippen molar-refractivity contribution in [2.24, 2.45) is 0 Å². The van der Waals surface area contributed by atoms with Crippen LogP contribution < -0.4 is 10.6 Å². The van der Waals surface area contributed by atoms with Gasteiger partial charge in [-0.25, -0.2) is 0 Å². The van der Waals surface area contributed by atoms with Crippen LogP contribution in [0, 0.1) is 20.8 Å². The van der Waals surface area contributed by atoms with E-state index in [2.05, 4.69) is 15.7 Å². The van der Waals surface area contributed by atoms with E-state index in [-0.39, 0.29) is 18.4 Å². The van der Waals surface area contributed by atoms with Gasteiger partial charge in [-0.3, -0.25) is 14.3 Å². The molecule has 0 aliphatic heterocycles. The molecule has 0 fully saturated rings. The summed E-state index contributed by atoms with van der Waals surface area (Å²) in [5, 5.41) is 10.2. The van der Waals surface area contributed by atoms with Crippen molar-refractivity contribution < 1.29 is 9.59 Å². The standard InChI is InChI=1S/C22H23ClN4O2/c1-14-7-8-20(19(23)9-14)25-21(28)12-24-22(29)18-6-4-5-17(11-18)13-27-16(3)10-15(2)26-27/h4-11H,12-13H2,1-3H3,(H,24,29)(H,25,28). The highest BCUT2D eigenvalue weighted by molar-refractivity contribution is 6.33. The fraction of sp³-hybridized carbons (Fsp3) is 0.227. The summed E-state index contributed by atoms with van der Waals surface area (Å²) >= 11 is 6.12. The molecule has 1 heterocycles. The molecule has 0 saturated heterocycles. The number of hydrogen-bond acceptors (Lipinski definition) is 3. The van der Waals surface area contributed by atoms with Crippen LogP contribution in [0.3, 0.4) is 0 Å². The number of carbonyl (C=O) groups is 2. The highest BCUT2D eigenvalue weighted by Crippen LogP contribution is 2.22. The average molecular weight is 411 g/mol. The first kappa shape index (κ1) is 20.6. The minimum absolute atomic E-state index is 0.148. The Kier molecular flexibility index (Phi) is 6.34. The van der Waals surface area contributed by atoms with Crippen molar-refractivity contribution in [3.63, 3.8) is 0 Å². The van der Waals surface area contributed by atoms with E-state index in [1.165, 1.54) is 0 Å². The van der Waals surface area contributed by atoms with Crippen LogP contribution in [0.4, 0.5) is 5.69 Å². The number of nitrogens with zero attached hydrogens (tertiary/aromatic N) is 2. The lowest BCUT2D eigenvalue weighted by Crippen LogP contribution is -2.33. The fourth-order valence-corrected chi connectivity index (χ4v) is 3.28. The Morgan fingerprint density at radius 2 is 1.86 bits per heavy atom. The predicted molar refractivity (Wildman–Crippen MR) is 114 cm³/mol. The zero-order valence-electron chi connectivity index (χ0n) is 16.6. The van der Waals surface area contributed by atoms with Gasteiger partial charge in [-0.1, -0.05) is 29.8 Å². The molecule has 0 aliphatic carbocycles. The highest BCUT2D eigenvalue weighted by atomic mass is 35.5. The van der Waals surface area contributed by atoms with Crippen molar-refractivity contribution in [3.8, 4) is 0 Å². The minimum atomic E-state index is -0.345. The number of nitrogens with one attached hydrogen (secondary N) is 2. The van der Waals surface area contributed by atoms with Crippen molar-refractivity contribution in [3.05, 3.63) is 81.6 Å². The van der Waals surface area contributed by atoms with Crippen molar-refractivity contribution in [1.82, 2.24) is 15.1 Å². The first-order valence-corrected chi connectivity index (χ1v) is 9.64. The number of anilines is 1. The summed E-state index contributed by atoms with van der Waals surface area (Å²) < 4.78 is 1.89. The van der Waals surface area contributed by atoms with E-state index in [1.807, 2.05) is 49.7 Å². The van der Waals surface area contributed by atoms with Crippen LogP contribution in [0.5, 0.6) is 0 Å². The minimum Gasteiger partial charge on any atom is -0.343 e. The fourth-order valence-electron chi connectivity index (χ4n) is 3.00. The SMILES string of the molecule is Cc1ccc(NC(=O)CNC(=O)c2cccc(Cn3nc(C)cc3C)c2)c(Cl)c1. The molecule has 3 rings (SSSR count). The molecular weight excluding hydrogens is 388 g/mol. The topological polar surface area (TPSA) is 76.0 Å². The number of carbonyl (C=O) groups excluding carboxylic acids is 2. The Balaban J connectivity index is 1.59. The van der Waals surface area contributed by atoms with E-state index in [4.69, 9.17) is 11.6 Å². The number of rotatable bonds is 6. The third kappa shape index (κ3) is 5.45. The zero-order chi connectivity index (χ0) is 21.0. The molecular formula is C22H23ClN4O2. The molecule has 0 atom stereocenters. The smallest absolute Gasteiger partial charge is 0.251 e. The maximum Gasteiger partial charge on any atom is 0.251 e. The van der Waals surface area contributed by atoms with E-state index in [9.17, 15) is 9.59 Å². The quantitative estimate of drug-likeness (QED) is 0.647. The second-order valence-corrected chi connectivity index (χ2v) is 7.41. The Bertz CT molecular complexity index is 1060. The van der Waals surface area contributed by atoms with Crippen LogP contribution in [-0.4, -0.2) is 28.1 Å². The monoisotopic (exact) mass is 410 g/mol. The summed E-state index contributed by atoms with van der Waals surface area (Å²) in [6.07, 6.45) is 0. The molecule has 7 heteroatoms. The molecule has 0 bridgehead atoms. The van der Waals surface area contributed by atoms with Gasteiger partial charge in [-0.05, 0) is 62.2 Å². The number of amides is 2. The van der Waals surface area contributed by atoms with Gasteiger partial charge in [-0.2, -0.15) is 5.10 Å². The molecule has 0 radical (unpaired) electrons. The molecule has 0 saturated carbocycles. The maximum absolute atomic E-state index is 12.4. The van der Waals surface area contributed by atoms with Gasteiger partial charge in [0.15, 0.2) is 0 Å². The average Bonchev–Trinajstić information content (AvgIpc) is 2.99. The molecule has 0 aliphatic rings. The van der Waals surface area contributed by atoms with E-state index in [0.29, 0.717) is 22.8 Å². The molecule has 1 aromatic heterocycles. The molecule has 3 aromatic rings. The van der Waals surface area contributed by atoms with Gasteiger partial charge in [0.2, 0.25) is 5.91 Å². The van der Waals surface area contributed by atoms with E-state index < -0.39 is 0 Å². The Hall–Kier alpha value is -3.12. The number of halogens is 1. The molecule has 0 unspecified atom stereocenters. The van der Waals surface area contributed by atoms with Crippen LogP contribution in [0.2, 0.25) is 5.02 Å². The van der Waals surface area contributed by atoms with Crippen LogP contribution in [0.15, 0.2) is 48.5 Å². The molecule has 2 amide bonds. The van der Waals surface area contributed by atoms with Gasteiger partial charge in [0.1, 0.15) is 0 Å². The summed E-state index contributed by atoms with van der Waals surface area (Å²) in [6.45, 7) is 6.29. The lowest BCUT2D eigenvalue weighted by atomic mass is 10.1. The second kappa shape index (κ2) is 8.92. The number of hydrogen-bond donors (Lipinski definition) is 2. The highest BCUT2D eigenvalue weighted by Gasteiger charge is 2.11. The molecule has 6 nitrogen and oxygen atoms in total. The van der Waals surface area contributed by atoms with Crippen LogP contribution >= 0.6 is 11.6 Å². The third-order valence-electron chi connectivity index (χ3n) is 4.43. The maximum atomic E-state index is 12.4. The summed E-state index contributed by atoms with van der Waals surface area (Å²) in [4.78, 5) is 24.6. The normalized spacial score (nSPS) is 10.6. The molecule has 29 heavy (non-hydrogen) atoms. The van der Waals surface area contributed by atoms with Crippen LogP contribution in [0.25, 0.3) is 0 Å². The summed E-state index contributed by atoms with van der Waals surface area (Å²) in [6, 6.07) is 14.7. The van der Waals surface area contributed by atoms with Gasteiger partial charge in [0.25, 0.3) is 5.91 Å². The number of aryl methyl sites for hydroxylation is 3. The first-order valence-electron chi connectivity index (χ1n) is 9.26. The van der Waals surface area contributed by atoms with Crippen molar-refractivity contribution in [2.75, 3.05) is 11.9 Å². The third-order valence-corrected chi connectivity index (χ3v) is 4.75. The van der Waals surface area contributed by atoms with E-state index in [0.717, 1.165) is 22.5 Å². The lowest BCUT2D eigenvalue weighted by molar-refractivity contribution is -0.115. The Morgan fingerprint density at radius 1 is 1.07 bits per heavy atom. The van der Waals surface area contributed by atoms with Crippen LogP contribution in [-0.2, 0) is 11.3 Å². The first-order chi connectivity index (χ1) is 13.8. The van der Waals surface area contributed by atoms with Gasteiger partial charge >= 0.3 is 0 Å². The van der Waals surface area contributed by atoms with Gasteiger partial charge in [-0.15, -0.1) is 0 Å². The van der Waals surface area contributed by atoms with Crippen molar-refractivity contribution in [2.45, 2.75) is 27.3 Å². The van der Waals surface area contributed by atoms with Gasteiger partial charge < -0.3 is 10.6 Å². The van der Waals surface area contributed by atoms with E-state index >= 15 is 0 Å². The number of aromatic nitrogens is 2. The Morgan fingerprint density at radius 3 is 2.55 bits per heavy atom. The molecule has 150 valence electrons. The lowest BCUT2D eigenvalue weighted by Gasteiger charge is -2.10. The number of benzene rings is 2. The van der Waals surface area contributed by atoms with Gasteiger partial charge in [0, 0.05) is 11.3 Å². The summed E-state index contributed by atoms with van der Waals surface area (Å²) in [5.74, 6) is -0.659. The van der Waals surface area contributed by atoms with Gasteiger partial charge in [0.05, 0.1) is 29.5 Å². The second-order valence-electron chi connectivity index (χ2n) is 7.00. The summed E-state index contributed by atoms with van der Waals surface area (Å²) in [5.41, 5.74) is 4.98. The zero-order valence-corrected chi connectivity index (χ0v) is 17.4. The van der Waals surface area contributed by atoms with Crippen molar-refractivity contribution in [1.29, 1.82) is 0 Å². The molecule has 2 N–H and O–H groups in total. The van der Waals surface area contributed by atoms with E-state index in [1.54, 1.807) is 24.3 Å². The molecule has 0 spiro atoms. The predicted octanol–water partition coefficient (Wildman–Crippen LogP) is 3.88. The Labute approximate surface area is 174 Å². The summed E-state index contributed by atoms with van der Waals surface area (Å²) in [7, 11) is 0. The largest absolute Gasteiger partial charge is 0.343 e. The van der Waals surface area contributed by atoms with Crippen molar-refractivity contribution >= 4 is 29.1 Å². The molecule has 2 aromatic carbocycles. The van der Waals surface area contributed by atoms with Crippen LogP contribution in [0.1, 0.15) is 32.9 Å².